The van der Waals surface area contributed by atoms with Crippen LogP contribution in [0.4, 0.5) is 0 Å². The van der Waals surface area contributed by atoms with Gasteiger partial charge in [0, 0.05) is 12.1 Å². The molecule has 2 heteroatoms. The number of piperidine rings is 1. The molecule has 2 aliphatic heterocycles. The summed E-state index contributed by atoms with van der Waals surface area (Å²) in [5.74, 6) is 0. The molecule has 2 bridgehead atoms. The zero-order valence-corrected chi connectivity index (χ0v) is 10.4. The summed E-state index contributed by atoms with van der Waals surface area (Å²) in [6, 6.07) is 9.53. The van der Waals surface area contributed by atoms with Crippen LogP contribution < -0.4 is 5.32 Å². The molecule has 2 unspecified atom stereocenters. The van der Waals surface area contributed by atoms with Gasteiger partial charge in [0.2, 0.25) is 0 Å². The largest absolute Gasteiger partial charge is 0.385 e. The third-order valence-electron chi connectivity index (χ3n) is 4.38. The highest BCUT2D eigenvalue weighted by molar-refractivity contribution is 5.30. The van der Waals surface area contributed by atoms with Crippen molar-refractivity contribution in [2.45, 2.75) is 56.7 Å². The van der Waals surface area contributed by atoms with Crippen LogP contribution in [0, 0.1) is 0 Å². The van der Waals surface area contributed by atoms with E-state index >= 15 is 0 Å². The first-order valence-corrected chi connectivity index (χ1v) is 6.77. The number of aryl methyl sites for hydroxylation is 1. The molecular weight excluding hydrogens is 210 g/mol. The lowest BCUT2D eigenvalue weighted by Crippen LogP contribution is -2.46. The maximum atomic E-state index is 10.9. The molecule has 17 heavy (non-hydrogen) atoms. The molecule has 1 aromatic rings. The van der Waals surface area contributed by atoms with Gasteiger partial charge >= 0.3 is 0 Å². The summed E-state index contributed by atoms with van der Waals surface area (Å²) < 4.78 is 0. The minimum atomic E-state index is -0.595. The van der Waals surface area contributed by atoms with Crippen LogP contribution in [-0.4, -0.2) is 17.2 Å². The Hall–Kier alpha value is -0.860. The average Bonchev–Trinajstić information content (AvgIpc) is 2.69. The van der Waals surface area contributed by atoms with E-state index in [4.69, 9.17) is 0 Å². The van der Waals surface area contributed by atoms with Gasteiger partial charge in [-0.1, -0.05) is 31.2 Å². The second kappa shape index (κ2) is 4.11. The Bertz CT molecular complexity index is 403. The first kappa shape index (κ1) is 11.2. The van der Waals surface area contributed by atoms with Gasteiger partial charge in [0.1, 0.15) is 0 Å². The van der Waals surface area contributed by atoms with Gasteiger partial charge in [0.15, 0.2) is 0 Å². The Morgan fingerprint density at radius 1 is 1.29 bits per heavy atom. The van der Waals surface area contributed by atoms with E-state index in [2.05, 4.69) is 36.5 Å². The molecule has 0 amide bonds. The van der Waals surface area contributed by atoms with E-state index in [1.807, 2.05) is 0 Å². The van der Waals surface area contributed by atoms with Crippen LogP contribution in [0.25, 0.3) is 0 Å². The van der Waals surface area contributed by atoms with Crippen molar-refractivity contribution in [3.8, 4) is 0 Å². The highest BCUT2D eigenvalue weighted by Crippen LogP contribution is 2.40. The maximum absolute atomic E-state index is 10.9. The summed E-state index contributed by atoms with van der Waals surface area (Å²) in [6.45, 7) is 2.16. The smallest absolute Gasteiger partial charge is 0.0926 e. The van der Waals surface area contributed by atoms with Crippen LogP contribution in [0.15, 0.2) is 24.3 Å². The molecule has 3 rings (SSSR count). The molecule has 2 saturated heterocycles. The third kappa shape index (κ3) is 2.00. The highest BCUT2D eigenvalue weighted by atomic mass is 16.3. The van der Waals surface area contributed by atoms with Crippen LogP contribution in [0.2, 0.25) is 0 Å². The maximum Gasteiger partial charge on any atom is 0.0926 e. The Labute approximate surface area is 103 Å². The van der Waals surface area contributed by atoms with Crippen molar-refractivity contribution >= 4 is 0 Å². The van der Waals surface area contributed by atoms with Crippen LogP contribution >= 0.6 is 0 Å². The second-order valence-electron chi connectivity index (χ2n) is 5.63. The van der Waals surface area contributed by atoms with Gasteiger partial charge in [-0.15, -0.1) is 0 Å². The summed E-state index contributed by atoms with van der Waals surface area (Å²) in [6.07, 6.45) is 5.23. The monoisotopic (exact) mass is 231 g/mol. The van der Waals surface area contributed by atoms with Gasteiger partial charge in [0.25, 0.3) is 0 Å². The SMILES string of the molecule is CCc1cccc(C2(O)CC3CCC(C2)N3)c1. The molecular formula is C15H21NO. The number of aliphatic hydroxyl groups is 1. The average molecular weight is 231 g/mol. The van der Waals surface area contributed by atoms with Gasteiger partial charge in [-0.05, 0) is 43.2 Å². The molecule has 92 valence electrons. The number of hydrogen-bond donors (Lipinski definition) is 2. The summed E-state index contributed by atoms with van der Waals surface area (Å²) in [5.41, 5.74) is 1.85. The van der Waals surface area contributed by atoms with E-state index in [1.54, 1.807) is 0 Å². The van der Waals surface area contributed by atoms with Crippen LogP contribution in [-0.2, 0) is 12.0 Å². The predicted molar refractivity (Wildman–Crippen MR) is 68.9 cm³/mol. The lowest BCUT2D eigenvalue weighted by Gasteiger charge is -2.37. The summed E-state index contributed by atoms with van der Waals surface area (Å²) >= 11 is 0. The van der Waals surface area contributed by atoms with Crippen LogP contribution in [0.5, 0.6) is 0 Å². The van der Waals surface area contributed by atoms with E-state index in [1.165, 1.54) is 18.4 Å². The molecule has 0 spiro atoms. The van der Waals surface area contributed by atoms with Crippen molar-refractivity contribution in [3.05, 3.63) is 35.4 Å². The molecule has 0 radical (unpaired) electrons. The fourth-order valence-corrected chi connectivity index (χ4v) is 3.44. The predicted octanol–water partition coefficient (Wildman–Crippen LogP) is 2.35. The lowest BCUT2D eigenvalue weighted by atomic mass is 9.81. The molecule has 2 heterocycles. The minimum Gasteiger partial charge on any atom is -0.385 e. The van der Waals surface area contributed by atoms with Gasteiger partial charge in [-0.3, -0.25) is 0 Å². The molecule has 1 aromatic carbocycles. The normalized spacial score (nSPS) is 36.1. The number of benzene rings is 1. The van der Waals surface area contributed by atoms with Crippen LogP contribution in [0.1, 0.15) is 43.7 Å². The van der Waals surface area contributed by atoms with Gasteiger partial charge < -0.3 is 10.4 Å². The molecule has 2 nitrogen and oxygen atoms in total. The zero-order chi connectivity index (χ0) is 11.9. The molecule has 2 fully saturated rings. The van der Waals surface area contributed by atoms with Crippen molar-refractivity contribution in [1.29, 1.82) is 0 Å². The molecule has 0 saturated carbocycles. The fourth-order valence-electron chi connectivity index (χ4n) is 3.44. The van der Waals surface area contributed by atoms with Crippen molar-refractivity contribution in [2.75, 3.05) is 0 Å². The first-order chi connectivity index (χ1) is 8.19. The van der Waals surface area contributed by atoms with Crippen LogP contribution in [0.3, 0.4) is 0 Å². The summed E-state index contributed by atoms with van der Waals surface area (Å²) in [7, 11) is 0. The Morgan fingerprint density at radius 2 is 2.00 bits per heavy atom. The van der Waals surface area contributed by atoms with E-state index < -0.39 is 5.60 Å². The van der Waals surface area contributed by atoms with Gasteiger partial charge in [-0.2, -0.15) is 0 Å². The van der Waals surface area contributed by atoms with Crippen molar-refractivity contribution in [2.24, 2.45) is 0 Å². The Morgan fingerprint density at radius 3 is 2.65 bits per heavy atom. The minimum absolute atomic E-state index is 0.518. The molecule has 2 N–H and O–H groups in total. The summed E-state index contributed by atoms with van der Waals surface area (Å²) in [5, 5.41) is 14.5. The van der Waals surface area contributed by atoms with Crippen molar-refractivity contribution in [3.63, 3.8) is 0 Å². The van der Waals surface area contributed by atoms with E-state index in [0.29, 0.717) is 12.1 Å². The molecule has 0 aliphatic carbocycles. The molecule has 0 aromatic heterocycles. The Balaban J connectivity index is 1.91. The zero-order valence-electron chi connectivity index (χ0n) is 10.4. The summed E-state index contributed by atoms with van der Waals surface area (Å²) in [4.78, 5) is 0. The fraction of sp³-hybridized carbons (Fsp3) is 0.600. The number of fused-ring (bicyclic) bond motifs is 2. The Kier molecular flexibility index (Phi) is 2.72. The molecule has 2 aliphatic rings. The van der Waals surface area contributed by atoms with E-state index in [0.717, 1.165) is 24.8 Å². The highest BCUT2D eigenvalue weighted by Gasteiger charge is 2.43. The van der Waals surface area contributed by atoms with E-state index in [-0.39, 0.29) is 0 Å². The second-order valence-corrected chi connectivity index (χ2v) is 5.63. The van der Waals surface area contributed by atoms with Crippen molar-refractivity contribution in [1.82, 2.24) is 5.32 Å². The topological polar surface area (TPSA) is 32.3 Å². The lowest BCUT2D eigenvalue weighted by molar-refractivity contribution is -0.0115. The number of hydrogen-bond acceptors (Lipinski definition) is 2. The first-order valence-electron chi connectivity index (χ1n) is 6.77. The van der Waals surface area contributed by atoms with E-state index in [9.17, 15) is 5.11 Å². The standard InChI is InChI=1S/C15H21NO/c1-2-11-4-3-5-12(8-11)15(17)9-13-6-7-14(10-15)16-13/h3-5,8,13-14,16-17H,2,6-7,9-10H2,1H3. The molecule has 2 atom stereocenters. The van der Waals surface area contributed by atoms with Gasteiger partial charge in [0.05, 0.1) is 5.60 Å². The van der Waals surface area contributed by atoms with Gasteiger partial charge in [-0.25, -0.2) is 0 Å². The van der Waals surface area contributed by atoms with Crippen molar-refractivity contribution < 1.29 is 5.11 Å². The number of nitrogens with one attached hydrogen (secondary N) is 1. The quantitative estimate of drug-likeness (QED) is 0.819. The number of rotatable bonds is 2. The third-order valence-corrected chi connectivity index (χ3v) is 4.38.